The van der Waals surface area contributed by atoms with Gasteiger partial charge in [0.1, 0.15) is 0 Å². The Bertz CT molecular complexity index is 1310. The Morgan fingerprint density at radius 2 is 1.67 bits per heavy atom. The number of fused-ring (bicyclic) bond motifs is 1. The zero-order valence-corrected chi connectivity index (χ0v) is 18.5. The first-order chi connectivity index (χ1) is 14.7. The van der Waals surface area contributed by atoms with Crippen LogP contribution in [0.2, 0.25) is 0 Å². The smallest absolute Gasteiger partial charge is 0.191 e. The maximum Gasteiger partial charge on any atom is 0.191 e. The van der Waals surface area contributed by atoms with Crippen molar-refractivity contribution in [2.24, 2.45) is 7.05 Å². The number of thiophene rings is 1. The predicted molar refractivity (Wildman–Crippen MR) is 128 cm³/mol. The fourth-order valence-electron chi connectivity index (χ4n) is 3.82. The van der Waals surface area contributed by atoms with Crippen molar-refractivity contribution in [3.63, 3.8) is 0 Å². The number of thioether (sulfide) groups is 1. The minimum Gasteiger partial charge on any atom is -0.305 e. The Labute approximate surface area is 184 Å². The molecule has 0 atom stereocenters. The first kappa shape index (κ1) is 19.1. The second-order valence-corrected chi connectivity index (χ2v) is 9.27. The van der Waals surface area contributed by atoms with Crippen molar-refractivity contribution >= 4 is 33.9 Å². The fraction of sp³-hybridized carbons (Fsp3) is 0.120. The van der Waals surface area contributed by atoms with E-state index in [9.17, 15) is 0 Å². The molecular formula is C25H21N3S2. The van der Waals surface area contributed by atoms with E-state index in [1.807, 2.05) is 0 Å². The molecule has 0 aliphatic heterocycles. The van der Waals surface area contributed by atoms with Crippen molar-refractivity contribution in [1.82, 2.24) is 14.8 Å². The number of nitrogens with zero attached hydrogens (tertiary/aromatic N) is 3. The zero-order chi connectivity index (χ0) is 20.5. The Morgan fingerprint density at radius 1 is 0.900 bits per heavy atom. The molecule has 0 amide bonds. The van der Waals surface area contributed by atoms with E-state index >= 15 is 0 Å². The second kappa shape index (κ2) is 8.09. The van der Waals surface area contributed by atoms with Gasteiger partial charge < -0.3 is 4.57 Å². The highest BCUT2D eigenvalue weighted by atomic mass is 32.2. The highest BCUT2D eigenvalue weighted by molar-refractivity contribution is 7.98. The molecule has 5 rings (SSSR count). The van der Waals surface area contributed by atoms with E-state index in [0.29, 0.717) is 0 Å². The number of aryl methyl sites for hydroxylation is 1. The minimum absolute atomic E-state index is 0.863. The molecule has 0 saturated heterocycles. The SMILES string of the molecule is Cc1scc(-c2nnc(SCc3cccc4ccccc34)n2C)c1-c1ccccc1. The summed E-state index contributed by atoms with van der Waals surface area (Å²) in [5.74, 6) is 1.78. The average Bonchev–Trinajstić information content (AvgIpc) is 3.34. The highest BCUT2D eigenvalue weighted by Gasteiger charge is 2.19. The lowest BCUT2D eigenvalue weighted by molar-refractivity contribution is 0.794. The van der Waals surface area contributed by atoms with Gasteiger partial charge in [-0.3, -0.25) is 0 Å². The third-order valence-corrected chi connectivity index (χ3v) is 7.33. The molecule has 0 N–H and O–H groups in total. The van der Waals surface area contributed by atoms with Crippen LogP contribution < -0.4 is 0 Å². The van der Waals surface area contributed by atoms with E-state index in [2.05, 4.69) is 107 Å². The molecule has 0 unspecified atom stereocenters. The summed E-state index contributed by atoms with van der Waals surface area (Å²) in [5, 5.41) is 14.8. The van der Waals surface area contributed by atoms with E-state index in [-0.39, 0.29) is 0 Å². The van der Waals surface area contributed by atoms with Crippen molar-refractivity contribution in [2.75, 3.05) is 0 Å². The zero-order valence-electron chi connectivity index (χ0n) is 16.9. The molecule has 2 heterocycles. The Hall–Kier alpha value is -2.89. The van der Waals surface area contributed by atoms with Crippen LogP contribution in [0.3, 0.4) is 0 Å². The summed E-state index contributed by atoms with van der Waals surface area (Å²) < 4.78 is 2.11. The van der Waals surface area contributed by atoms with Gasteiger partial charge in [0, 0.05) is 34.2 Å². The monoisotopic (exact) mass is 427 g/mol. The molecule has 148 valence electrons. The summed E-state index contributed by atoms with van der Waals surface area (Å²) in [6, 6.07) is 25.5. The van der Waals surface area contributed by atoms with Crippen LogP contribution in [0.15, 0.2) is 83.3 Å². The normalized spacial score (nSPS) is 11.3. The van der Waals surface area contributed by atoms with Gasteiger partial charge in [-0.1, -0.05) is 84.6 Å². The minimum atomic E-state index is 0.863. The summed E-state index contributed by atoms with van der Waals surface area (Å²) >= 11 is 3.49. The largest absolute Gasteiger partial charge is 0.305 e. The molecule has 0 radical (unpaired) electrons. The molecule has 3 nitrogen and oxygen atoms in total. The highest BCUT2D eigenvalue weighted by Crippen LogP contribution is 2.39. The van der Waals surface area contributed by atoms with E-state index in [1.54, 1.807) is 23.1 Å². The molecule has 0 aliphatic carbocycles. The van der Waals surface area contributed by atoms with Crippen LogP contribution in [0.5, 0.6) is 0 Å². The summed E-state index contributed by atoms with van der Waals surface area (Å²) in [4.78, 5) is 1.30. The van der Waals surface area contributed by atoms with Gasteiger partial charge in [0.15, 0.2) is 11.0 Å². The summed E-state index contributed by atoms with van der Waals surface area (Å²) in [6.07, 6.45) is 0. The van der Waals surface area contributed by atoms with Crippen molar-refractivity contribution < 1.29 is 0 Å². The van der Waals surface area contributed by atoms with Gasteiger partial charge in [0.2, 0.25) is 0 Å². The first-order valence-corrected chi connectivity index (χ1v) is 11.7. The molecule has 3 aromatic carbocycles. The molecular weight excluding hydrogens is 406 g/mol. The Morgan fingerprint density at radius 3 is 2.53 bits per heavy atom. The Balaban J connectivity index is 1.46. The molecule has 0 saturated carbocycles. The molecule has 0 spiro atoms. The summed E-state index contributed by atoms with van der Waals surface area (Å²) in [5.41, 5.74) is 4.94. The van der Waals surface area contributed by atoms with Crippen molar-refractivity contribution in [3.8, 4) is 22.5 Å². The predicted octanol–water partition coefficient (Wildman–Crippen LogP) is 6.96. The first-order valence-electron chi connectivity index (χ1n) is 9.85. The van der Waals surface area contributed by atoms with Gasteiger partial charge in [-0.15, -0.1) is 21.5 Å². The molecule has 5 heteroatoms. The average molecular weight is 428 g/mol. The number of aromatic nitrogens is 3. The lowest BCUT2D eigenvalue weighted by atomic mass is 10.0. The standard InChI is InChI=1S/C25H21N3S2/c1-17-23(19-10-4-3-5-11-19)22(16-29-17)24-26-27-25(28(24)2)30-15-20-13-8-12-18-9-6-7-14-21(18)20/h3-14,16H,15H2,1-2H3. The second-order valence-electron chi connectivity index (χ2n) is 7.24. The molecule has 0 aliphatic rings. The third-order valence-electron chi connectivity index (χ3n) is 5.35. The van der Waals surface area contributed by atoms with Crippen molar-refractivity contribution in [2.45, 2.75) is 17.8 Å². The lowest BCUT2D eigenvalue weighted by Crippen LogP contribution is -1.96. The van der Waals surface area contributed by atoms with Crippen LogP contribution in [0.1, 0.15) is 10.4 Å². The maximum atomic E-state index is 4.56. The molecule has 0 fully saturated rings. The van der Waals surface area contributed by atoms with E-state index in [0.717, 1.165) is 22.3 Å². The quantitative estimate of drug-likeness (QED) is 0.284. The maximum absolute atomic E-state index is 4.56. The van der Waals surface area contributed by atoms with Gasteiger partial charge in [-0.2, -0.15) is 0 Å². The Kier molecular flexibility index (Phi) is 5.15. The fourth-order valence-corrected chi connectivity index (χ4v) is 5.60. The van der Waals surface area contributed by atoms with Crippen LogP contribution in [0.25, 0.3) is 33.3 Å². The molecule has 2 aromatic heterocycles. The van der Waals surface area contributed by atoms with Crippen LogP contribution in [-0.4, -0.2) is 14.8 Å². The van der Waals surface area contributed by atoms with Gasteiger partial charge in [-0.05, 0) is 28.8 Å². The van der Waals surface area contributed by atoms with Crippen molar-refractivity contribution in [1.29, 1.82) is 0 Å². The summed E-state index contributed by atoms with van der Waals surface area (Å²) in [7, 11) is 2.06. The van der Waals surface area contributed by atoms with Gasteiger partial charge in [0.25, 0.3) is 0 Å². The van der Waals surface area contributed by atoms with E-state index in [4.69, 9.17) is 0 Å². The van der Waals surface area contributed by atoms with Crippen LogP contribution in [0.4, 0.5) is 0 Å². The number of hydrogen-bond donors (Lipinski definition) is 0. The summed E-state index contributed by atoms with van der Waals surface area (Å²) in [6.45, 7) is 2.17. The van der Waals surface area contributed by atoms with Gasteiger partial charge >= 0.3 is 0 Å². The topological polar surface area (TPSA) is 30.7 Å². The third kappa shape index (κ3) is 3.44. The molecule has 5 aromatic rings. The number of benzene rings is 3. The van der Waals surface area contributed by atoms with Gasteiger partial charge in [0.05, 0.1) is 0 Å². The van der Waals surface area contributed by atoms with Crippen LogP contribution in [0, 0.1) is 6.92 Å². The van der Waals surface area contributed by atoms with Crippen molar-refractivity contribution in [3.05, 3.63) is 88.6 Å². The van der Waals surface area contributed by atoms with E-state index in [1.165, 1.54) is 32.3 Å². The number of hydrogen-bond acceptors (Lipinski definition) is 4. The van der Waals surface area contributed by atoms with Crippen LogP contribution >= 0.6 is 23.1 Å². The van der Waals surface area contributed by atoms with E-state index < -0.39 is 0 Å². The lowest BCUT2D eigenvalue weighted by Gasteiger charge is -2.08. The number of rotatable bonds is 5. The molecule has 30 heavy (non-hydrogen) atoms. The molecule has 0 bridgehead atoms. The van der Waals surface area contributed by atoms with Gasteiger partial charge in [-0.25, -0.2) is 0 Å². The van der Waals surface area contributed by atoms with Crippen LogP contribution in [-0.2, 0) is 12.8 Å².